The first-order chi connectivity index (χ1) is 5.27. The van der Waals surface area contributed by atoms with E-state index in [1.54, 1.807) is 6.92 Å². The van der Waals surface area contributed by atoms with Crippen molar-refractivity contribution in [2.24, 2.45) is 0 Å². The quantitative estimate of drug-likeness (QED) is 0.682. The van der Waals surface area contributed by atoms with E-state index in [4.69, 9.17) is 0 Å². The molecule has 67 valence electrons. The van der Waals surface area contributed by atoms with Crippen molar-refractivity contribution >= 4 is 5.78 Å². The molecule has 0 saturated carbocycles. The van der Waals surface area contributed by atoms with Gasteiger partial charge in [0.05, 0.1) is 0 Å². The van der Waals surface area contributed by atoms with Crippen LogP contribution in [0, 0.1) is 6.92 Å². The van der Waals surface area contributed by atoms with Crippen molar-refractivity contribution in [3.8, 4) is 5.88 Å². The van der Waals surface area contributed by atoms with Gasteiger partial charge in [-0.25, -0.2) is 4.98 Å². The van der Waals surface area contributed by atoms with Gasteiger partial charge in [-0.1, -0.05) is 0 Å². The van der Waals surface area contributed by atoms with Crippen LogP contribution >= 0.6 is 0 Å². The van der Waals surface area contributed by atoms with Crippen molar-refractivity contribution in [3.05, 3.63) is 18.1 Å². The Morgan fingerprint density at radius 3 is 3.00 bits per heavy atom. The van der Waals surface area contributed by atoms with Crippen LogP contribution in [0.1, 0.15) is 5.69 Å². The first-order valence-electron chi connectivity index (χ1n) is 3.14. The Labute approximate surface area is 84.0 Å². The maximum absolute atomic E-state index is 9.26. The van der Waals surface area contributed by atoms with Crippen LogP contribution < -0.4 is 0 Å². The van der Waals surface area contributed by atoms with Crippen LogP contribution in [0.25, 0.3) is 5.78 Å². The summed E-state index contributed by atoms with van der Waals surface area (Å²) in [6.45, 7) is 1.79. The molecule has 5 nitrogen and oxygen atoms in total. The Balaban J connectivity index is 0.000000720. The molecule has 1 radical (unpaired) electrons. The van der Waals surface area contributed by atoms with Crippen LogP contribution in [-0.4, -0.2) is 24.7 Å². The molecule has 0 aliphatic heterocycles. The number of hydrogen-bond acceptors (Lipinski definition) is 4. The van der Waals surface area contributed by atoms with Crippen molar-refractivity contribution in [1.82, 2.24) is 19.6 Å². The maximum Gasteiger partial charge on any atom is 0.255 e. The summed E-state index contributed by atoms with van der Waals surface area (Å²) in [5, 5.41) is 13.0. The number of aromatic nitrogens is 4. The molecular formula is C6H6AgN4O. The molecular weight excluding hydrogens is 252 g/mol. The van der Waals surface area contributed by atoms with Gasteiger partial charge in [0.25, 0.3) is 5.78 Å². The van der Waals surface area contributed by atoms with E-state index in [0.717, 1.165) is 5.69 Å². The van der Waals surface area contributed by atoms with Crippen LogP contribution in [0.3, 0.4) is 0 Å². The van der Waals surface area contributed by atoms with Crippen LogP contribution in [0.15, 0.2) is 12.4 Å². The van der Waals surface area contributed by atoms with Crippen molar-refractivity contribution in [2.75, 3.05) is 0 Å². The predicted octanol–water partition coefficient (Wildman–Crippen LogP) is 0.136. The number of aryl methyl sites for hydroxylation is 1. The monoisotopic (exact) mass is 257 g/mol. The number of nitrogens with zero attached hydrogens (tertiary/aromatic N) is 4. The Bertz CT molecular complexity index is 399. The molecule has 0 amide bonds. The van der Waals surface area contributed by atoms with E-state index in [-0.39, 0.29) is 28.3 Å². The minimum absolute atomic E-state index is 0. The third-order valence-corrected chi connectivity index (χ3v) is 1.36. The maximum atomic E-state index is 9.26. The summed E-state index contributed by atoms with van der Waals surface area (Å²) in [5.41, 5.74) is 0.725. The average molecular weight is 258 g/mol. The zero-order valence-electron chi connectivity index (χ0n) is 6.19. The SMILES string of the molecule is Cc1cc(O)n2ncnc2n1.[Ag]. The molecule has 0 bridgehead atoms. The first-order valence-corrected chi connectivity index (χ1v) is 3.14. The van der Waals surface area contributed by atoms with Crippen molar-refractivity contribution in [1.29, 1.82) is 0 Å². The Morgan fingerprint density at radius 2 is 2.25 bits per heavy atom. The third-order valence-electron chi connectivity index (χ3n) is 1.36. The van der Waals surface area contributed by atoms with Gasteiger partial charge < -0.3 is 5.11 Å². The predicted molar refractivity (Wildman–Crippen MR) is 37.2 cm³/mol. The van der Waals surface area contributed by atoms with E-state index in [1.807, 2.05) is 0 Å². The van der Waals surface area contributed by atoms with E-state index in [2.05, 4.69) is 15.1 Å². The molecule has 0 spiro atoms. The van der Waals surface area contributed by atoms with Gasteiger partial charge in [-0.15, -0.1) is 0 Å². The minimum atomic E-state index is 0. The molecule has 12 heavy (non-hydrogen) atoms. The normalized spacial score (nSPS) is 9.75. The van der Waals surface area contributed by atoms with Gasteiger partial charge in [0, 0.05) is 34.1 Å². The van der Waals surface area contributed by atoms with Crippen LogP contribution in [0.2, 0.25) is 0 Å². The zero-order chi connectivity index (χ0) is 7.84. The van der Waals surface area contributed by atoms with Gasteiger partial charge in [0.2, 0.25) is 5.88 Å². The fourth-order valence-corrected chi connectivity index (χ4v) is 0.911. The van der Waals surface area contributed by atoms with Gasteiger partial charge in [0.15, 0.2) is 0 Å². The van der Waals surface area contributed by atoms with Crippen LogP contribution in [-0.2, 0) is 22.4 Å². The summed E-state index contributed by atoms with van der Waals surface area (Å²) in [4.78, 5) is 7.85. The van der Waals surface area contributed by atoms with Gasteiger partial charge >= 0.3 is 0 Å². The van der Waals surface area contributed by atoms with Crippen molar-refractivity contribution in [2.45, 2.75) is 6.92 Å². The van der Waals surface area contributed by atoms with E-state index in [0.29, 0.717) is 5.78 Å². The summed E-state index contributed by atoms with van der Waals surface area (Å²) >= 11 is 0. The molecule has 2 heterocycles. The van der Waals surface area contributed by atoms with Gasteiger partial charge in [-0.3, -0.25) is 0 Å². The second-order valence-electron chi connectivity index (χ2n) is 2.23. The fraction of sp³-hybridized carbons (Fsp3) is 0.167. The molecule has 0 aromatic carbocycles. The molecule has 0 aliphatic carbocycles. The molecule has 2 rings (SSSR count). The summed E-state index contributed by atoms with van der Waals surface area (Å²) in [7, 11) is 0. The largest absolute Gasteiger partial charge is 0.493 e. The van der Waals surface area contributed by atoms with E-state index >= 15 is 0 Å². The molecule has 0 saturated heterocycles. The number of hydrogen-bond donors (Lipinski definition) is 1. The fourth-order valence-electron chi connectivity index (χ4n) is 0.911. The Morgan fingerprint density at radius 1 is 1.50 bits per heavy atom. The van der Waals surface area contributed by atoms with E-state index in [9.17, 15) is 5.11 Å². The molecule has 2 aromatic heterocycles. The number of aromatic hydroxyl groups is 1. The molecule has 0 fully saturated rings. The van der Waals surface area contributed by atoms with Gasteiger partial charge in [0.1, 0.15) is 6.33 Å². The van der Waals surface area contributed by atoms with Crippen LogP contribution in [0.5, 0.6) is 5.88 Å². The molecule has 0 aliphatic rings. The first kappa shape index (κ1) is 9.18. The molecule has 2 aromatic rings. The zero-order valence-corrected chi connectivity index (χ0v) is 7.67. The smallest absolute Gasteiger partial charge is 0.255 e. The second-order valence-corrected chi connectivity index (χ2v) is 2.23. The summed E-state index contributed by atoms with van der Waals surface area (Å²) < 4.78 is 1.27. The van der Waals surface area contributed by atoms with E-state index in [1.165, 1.54) is 16.9 Å². The Kier molecular flexibility index (Phi) is 2.46. The van der Waals surface area contributed by atoms with Gasteiger partial charge in [-0.05, 0) is 6.92 Å². The molecule has 1 N–H and O–H groups in total. The average Bonchev–Trinajstić information content (AvgIpc) is 2.34. The van der Waals surface area contributed by atoms with E-state index < -0.39 is 0 Å². The standard InChI is InChI=1S/C6H6N4O.Ag/c1-4-2-5(11)10-6(9-4)7-3-8-10;/h2-3,11H,1H3;. The minimum Gasteiger partial charge on any atom is -0.493 e. The topological polar surface area (TPSA) is 63.3 Å². The van der Waals surface area contributed by atoms with Crippen LogP contribution in [0.4, 0.5) is 0 Å². The molecule has 6 heteroatoms. The summed E-state index contributed by atoms with van der Waals surface area (Å²) in [6, 6.07) is 1.53. The number of fused-ring (bicyclic) bond motifs is 1. The second kappa shape index (κ2) is 3.22. The number of rotatable bonds is 0. The van der Waals surface area contributed by atoms with Crippen molar-refractivity contribution in [3.63, 3.8) is 0 Å². The molecule has 0 unspecified atom stereocenters. The summed E-state index contributed by atoms with van der Waals surface area (Å²) in [5.74, 6) is 0.479. The van der Waals surface area contributed by atoms with Crippen molar-refractivity contribution < 1.29 is 27.5 Å². The molecule has 0 atom stereocenters. The third kappa shape index (κ3) is 1.34. The van der Waals surface area contributed by atoms with Gasteiger partial charge in [-0.2, -0.15) is 14.6 Å². The Hall–Kier alpha value is -0.910. The summed E-state index contributed by atoms with van der Waals surface area (Å²) in [6.07, 6.45) is 1.35.